The van der Waals surface area contributed by atoms with Crippen LogP contribution in [0.4, 0.5) is 0 Å². The summed E-state index contributed by atoms with van der Waals surface area (Å²) < 4.78 is 5.35. The van der Waals surface area contributed by atoms with E-state index in [2.05, 4.69) is 15.2 Å². The van der Waals surface area contributed by atoms with E-state index in [-0.39, 0.29) is 11.9 Å². The van der Waals surface area contributed by atoms with Gasteiger partial charge in [0, 0.05) is 20.1 Å². The molecule has 1 atom stereocenters. The molecule has 1 saturated heterocycles. The maximum absolute atomic E-state index is 11.8. The van der Waals surface area contributed by atoms with Crippen LogP contribution in [0, 0.1) is 0 Å². The molecular weight excluding hydrogens is 254 g/mol. The highest BCUT2D eigenvalue weighted by atomic mass is 35.5. The number of hydrogen-bond acceptors (Lipinski definition) is 4. The SMILES string of the molecule is CNC(=O)C1COCCN1Cc1cccc(Cl)n1. The summed E-state index contributed by atoms with van der Waals surface area (Å²) in [6.45, 7) is 2.36. The lowest BCUT2D eigenvalue weighted by molar-refractivity contribution is -0.132. The van der Waals surface area contributed by atoms with Gasteiger partial charge in [0.2, 0.25) is 5.91 Å². The molecule has 0 aliphatic carbocycles. The molecule has 1 fully saturated rings. The molecule has 18 heavy (non-hydrogen) atoms. The van der Waals surface area contributed by atoms with Crippen LogP contribution in [0.3, 0.4) is 0 Å². The summed E-state index contributed by atoms with van der Waals surface area (Å²) >= 11 is 5.86. The van der Waals surface area contributed by atoms with Crippen molar-refractivity contribution in [1.82, 2.24) is 15.2 Å². The van der Waals surface area contributed by atoms with Gasteiger partial charge in [0.05, 0.1) is 18.9 Å². The van der Waals surface area contributed by atoms with Crippen LogP contribution in [0.15, 0.2) is 18.2 Å². The van der Waals surface area contributed by atoms with Crippen LogP contribution in [-0.2, 0) is 16.1 Å². The Bertz CT molecular complexity index is 428. The maximum atomic E-state index is 11.8. The third kappa shape index (κ3) is 3.19. The topological polar surface area (TPSA) is 54.5 Å². The Labute approximate surface area is 111 Å². The maximum Gasteiger partial charge on any atom is 0.239 e. The van der Waals surface area contributed by atoms with E-state index in [9.17, 15) is 4.79 Å². The number of pyridine rings is 1. The van der Waals surface area contributed by atoms with E-state index in [0.29, 0.717) is 31.5 Å². The number of rotatable bonds is 3. The molecule has 0 aromatic carbocycles. The second kappa shape index (κ2) is 6.13. The van der Waals surface area contributed by atoms with Crippen LogP contribution in [0.1, 0.15) is 5.69 Å². The number of ether oxygens (including phenoxy) is 1. The Kier molecular flexibility index (Phi) is 4.52. The highest BCUT2D eigenvalue weighted by molar-refractivity contribution is 6.29. The molecule has 1 aliphatic heterocycles. The van der Waals surface area contributed by atoms with Gasteiger partial charge in [-0.25, -0.2) is 4.98 Å². The quantitative estimate of drug-likeness (QED) is 0.820. The van der Waals surface area contributed by atoms with Crippen molar-refractivity contribution in [3.05, 3.63) is 29.0 Å². The molecule has 0 bridgehead atoms. The molecule has 6 heteroatoms. The third-order valence-corrected chi connectivity index (χ3v) is 3.14. The number of aromatic nitrogens is 1. The van der Waals surface area contributed by atoms with Crippen molar-refractivity contribution in [3.63, 3.8) is 0 Å². The van der Waals surface area contributed by atoms with Gasteiger partial charge in [0.25, 0.3) is 0 Å². The first-order valence-corrected chi connectivity index (χ1v) is 6.23. The molecule has 1 amide bonds. The normalized spacial score (nSPS) is 20.7. The highest BCUT2D eigenvalue weighted by Gasteiger charge is 2.28. The van der Waals surface area contributed by atoms with Crippen molar-refractivity contribution < 1.29 is 9.53 Å². The van der Waals surface area contributed by atoms with Gasteiger partial charge < -0.3 is 10.1 Å². The number of likely N-dealkylation sites (N-methyl/N-ethyl adjacent to an activating group) is 1. The van der Waals surface area contributed by atoms with Crippen molar-refractivity contribution in [2.24, 2.45) is 0 Å². The van der Waals surface area contributed by atoms with Gasteiger partial charge in [-0.2, -0.15) is 0 Å². The van der Waals surface area contributed by atoms with Gasteiger partial charge >= 0.3 is 0 Å². The fourth-order valence-corrected chi connectivity index (χ4v) is 2.16. The first-order valence-electron chi connectivity index (χ1n) is 5.85. The monoisotopic (exact) mass is 269 g/mol. The van der Waals surface area contributed by atoms with Crippen LogP contribution in [0.5, 0.6) is 0 Å². The summed E-state index contributed by atoms with van der Waals surface area (Å²) in [7, 11) is 1.63. The average molecular weight is 270 g/mol. The van der Waals surface area contributed by atoms with E-state index in [1.54, 1.807) is 13.1 Å². The largest absolute Gasteiger partial charge is 0.378 e. The summed E-state index contributed by atoms with van der Waals surface area (Å²) in [5.41, 5.74) is 0.860. The molecule has 0 saturated carbocycles. The van der Waals surface area contributed by atoms with Gasteiger partial charge in [-0.3, -0.25) is 9.69 Å². The molecule has 1 aliphatic rings. The first-order chi connectivity index (χ1) is 8.70. The summed E-state index contributed by atoms with van der Waals surface area (Å²) in [6, 6.07) is 5.24. The van der Waals surface area contributed by atoms with E-state index in [1.165, 1.54) is 0 Å². The smallest absolute Gasteiger partial charge is 0.239 e. The number of carbonyl (C=O) groups excluding carboxylic acids is 1. The second-order valence-electron chi connectivity index (χ2n) is 4.13. The lowest BCUT2D eigenvalue weighted by Crippen LogP contribution is -2.52. The number of morpholine rings is 1. The summed E-state index contributed by atoms with van der Waals surface area (Å²) in [4.78, 5) is 18.0. The molecule has 1 aromatic heterocycles. The fourth-order valence-electron chi connectivity index (χ4n) is 1.98. The zero-order valence-electron chi connectivity index (χ0n) is 10.2. The van der Waals surface area contributed by atoms with Crippen LogP contribution in [0.2, 0.25) is 5.15 Å². The Morgan fingerprint density at radius 1 is 1.67 bits per heavy atom. The lowest BCUT2D eigenvalue weighted by atomic mass is 10.2. The molecular formula is C12H16ClN3O2. The van der Waals surface area contributed by atoms with E-state index < -0.39 is 0 Å². The number of nitrogens with zero attached hydrogens (tertiary/aromatic N) is 2. The highest BCUT2D eigenvalue weighted by Crippen LogP contribution is 2.13. The number of carbonyl (C=O) groups is 1. The van der Waals surface area contributed by atoms with E-state index in [1.807, 2.05) is 12.1 Å². The van der Waals surface area contributed by atoms with E-state index in [4.69, 9.17) is 16.3 Å². The number of amides is 1. The van der Waals surface area contributed by atoms with Gasteiger partial charge in [0.1, 0.15) is 11.2 Å². The van der Waals surface area contributed by atoms with Crippen LogP contribution in [0.25, 0.3) is 0 Å². The van der Waals surface area contributed by atoms with Gasteiger partial charge in [0.15, 0.2) is 0 Å². The Morgan fingerprint density at radius 2 is 2.50 bits per heavy atom. The van der Waals surface area contributed by atoms with E-state index >= 15 is 0 Å². The first kappa shape index (κ1) is 13.3. The number of halogens is 1. The molecule has 1 unspecified atom stereocenters. The van der Waals surface area contributed by atoms with Crippen molar-refractivity contribution in [3.8, 4) is 0 Å². The third-order valence-electron chi connectivity index (χ3n) is 2.93. The predicted molar refractivity (Wildman–Crippen MR) is 68.3 cm³/mol. The molecule has 1 N–H and O–H groups in total. The van der Waals surface area contributed by atoms with E-state index in [0.717, 1.165) is 5.69 Å². The zero-order valence-corrected chi connectivity index (χ0v) is 11.0. The molecule has 2 rings (SSSR count). The van der Waals surface area contributed by atoms with Crippen molar-refractivity contribution >= 4 is 17.5 Å². The summed E-state index contributed by atoms with van der Waals surface area (Å²) in [5, 5.41) is 3.12. The standard InChI is InChI=1S/C12H16ClN3O2/c1-14-12(17)10-8-18-6-5-16(10)7-9-3-2-4-11(13)15-9/h2-4,10H,5-8H2,1H3,(H,14,17). The predicted octanol–water partition coefficient (Wildman–Crippen LogP) is 0.682. The van der Waals surface area contributed by atoms with Gasteiger partial charge in [-0.05, 0) is 12.1 Å². The molecule has 0 radical (unpaired) electrons. The Hall–Kier alpha value is -1.17. The average Bonchev–Trinajstić information content (AvgIpc) is 2.38. The van der Waals surface area contributed by atoms with Gasteiger partial charge in [-0.1, -0.05) is 17.7 Å². The molecule has 5 nitrogen and oxygen atoms in total. The van der Waals surface area contributed by atoms with Crippen molar-refractivity contribution in [2.45, 2.75) is 12.6 Å². The summed E-state index contributed by atoms with van der Waals surface area (Å²) in [5.74, 6) is -0.0308. The fraction of sp³-hybridized carbons (Fsp3) is 0.500. The Balaban J connectivity index is 2.07. The minimum absolute atomic E-state index is 0.0308. The number of nitrogens with one attached hydrogen (secondary N) is 1. The van der Waals surface area contributed by atoms with Gasteiger partial charge in [-0.15, -0.1) is 0 Å². The van der Waals surface area contributed by atoms with Crippen LogP contribution >= 0.6 is 11.6 Å². The second-order valence-corrected chi connectivity index (χ2v) is 4.51. The van der Waals surface area contributed by atoms with Crippen molar-refractivity contribution in [2.75, 3.05) is 26.8 Å². The molecule has 98 valence electrons. The van der Waals surface area contributed by atoms with Crippen LogP contribution in [-0.4, -0.2) is 48.6 Å². The number of hydrogen-bond donors (Lipinski definition) is 1. The summed E-state index contributed by atoms with van der Waals surface area (Å²) in [6.07, 6.45) is 0. The minimum Gasteiger partial charge on any atom is -0.378 e. The van der Waals surface area contributed by atoms with Crippen LogP contribution < -0.4 is 5.32 Å². The molecule has 2 heterocycles. The van der Waals surface area contributed by atoms with Crippen molar-refractivity contribution in [1.29, 1.82) is 0 Å². The minimum atomic E-state index is -0.260. The molecule has 1 aromatic rings. The lowest BCUT2D eigenvalue weighted by Gasteiger charge is -2.33. The molecule has 0 spiro atoms. The Morgan fingerprint density at radius 3 is 3.22 bits per heavy atom. The zero-order chi connectivity index (χ0) is 13.0.